The highest BCUT2D eigenvalue weighted by Crippen LogP contribution is 2.31. The molecule has 158 valence electrons. The molecule has 1 fully saturated rings. The van der Waals surface area contributed by atoms with Gasteiger partial charge in [-0.2, -0.15) is 0 Å². The number of carbonyl (C=O) groups is 2. The Labute approximate surface area is 173 Å². The zero-order valence-electron chi connectivity index (χ0n) is 16.6. The monoisotopic (exact) mass is 413 g/mol. The van der Waals surface area contributed by atoms with Crippen molar-refractivity contribution >= 4 is 23.2 Å². The van der Waals surface area contributed by atoms with E-state index in [4.69, 9.17) is 9.47 Å². The second-order valence-electron chi connectivity index (χ2n) is 6.93. The summed E-state index contributed by atoms with van der Waals surface area (Å²) in [6, 6.07) is 10.9. The second kappa shape index (κ2) is 9.73. The van der Waals surface area contributed by atoms with E-state index in [2.05, 4.69) is 10.6 Å². The molecule has 1 aliphatic rings. The molecule has 0 aliphatic heterocycles. The predicted octanol–water partition coefficient (Wildman–Crippen LogP) is 3.29. The van der Waals surface area contributed by atoms with Crippen molar-refractivity contribution in [2.75, 3.05) is 19.0 Å². The van der Waals surface area contributed by atoms with Crippen LogP contribution in [-0.2, 0) is 4.79 Å². The molecule has 0 spiro atoms. The highest BCUT2D eigenvalue weighted by Gasteiger charge is 2.21. The number of amides is 2. The zero-order valence-corrected chi connectivity index (χ0v) is 16.6. The number of rotatable bonds is 8. The van der Waals surface area contributed by atoms with E-state index in [0.29, 0.717) is 17.0 Å². The number of carbonyl (C=O) groups excluding carboxylic acids is 2. The highest BCUT2D eigenvalue weighted by molar-refractivity contribution is 6.04. The van der Waals surface area contributed by atoms with Crippen LogP contribution in [0.15, 0.2) is 42.5 Å². The molecule has 0 atom stereocenters. The van der Waals surface area contributed by atoms with Crippen LogP contribution in [0.25, 0.3) is 0 Å². The minimum absolute atomic E-state index is 0.0526. The first kappa shape index (κ1) is 21.1. The molecule has 1 aliphatic carbocycles. The van der Waals surface area contributed by atoms with Crippen molar-refractivity contribution in [1.82, 2.24) is 5.32 Å². The number of anilines is 1. The Morgan fingerprint density at radius 3 is 2.60 bits per heavy atom. The van der Waals surface area contributed by atoms with Crippen LogP contribution in [0.4, 0.5) is 11.4 Å². The molecular formula is C21H23N3O6. The van der Waals surface area contributed by atoms with Gasteiger partial charge in [-0.1, -0.05) is 25.0 Å². The van der Waals surface area contributed by atoms with Gasteiger partial charge in [0.15, 0.2) is 12.4 Å². The summed E-state index contributed by atoms with van der Waals surface area (Å²) < 4.78 is 10.3. The highest BCUT2D eigenvalue weighted by atomic mass is 16.6. The standard InChI is InChI=1S/C21H23N3O6/c1-29-15-10-11-19(18(12-15)24(27)28)30-13-20(25)23-17-9-5-4-8-16(17)21(26)22-14-6-2-3-7-14/h4-5,8-12,14H,2-3,6-7,13H2,1H3,(H,22,26)(H,23,25). The summed E-state index contributed by atoms with van der Waals surface area (Å²) >= 11 is 0. The molecule has 2 amide bonds. The van der Waals surface area contributed by atoms with Gasteiger partial charge in [0.25, 0.3) is 11.8 Å². The number of nitrogens with one attached hydrogen (secondary N) is 2. The van der Waals surface area contributed by atoms with Crippen LogP contribution in [0.5, 0.6) is 11.5 Å². The lowest BCUT2D eigenvalue weighted by Gasteiger charge is -2.15. The van der Waals surface area contributed by atoms with Gasteiger partial charge in [0, 0.05) is 6.04 Å². The maximum atomic E-state index is 12.6. The molecule has 1 saturated carbocycles. The molecule has 0 radical (unpaired) electrons. The summed E-state index contributed by atoms with van der Waals surface area (Å²) in [6.45, 7) is -0.453. The largest absolute Gasteiger partial charge is 0.496 e. The summed E-state index contributed by atoms with van der Waals surface area (Å²) in [5.74, 6) is -0.533. The van der Waals surface area contributed by atoms with Crippen molar-refractivity contribution in [1.29, 1.82) is 0 Å². The van der Waals surface area contributed by atoms with Gasteiger partial charge in [-0.15, -0.1) is 0 Å². The van der Waals surface area contributed by atoms with Gasteiger partial charge >= 0.3 is 5.69 Å². The van der Waals surface area contributed by atoms with Crippen molar-refractivity contribution < 1.29 is 24.0 Å². The molecule has 9 heteroatoms. The van der Waals surface area contributed by atoms with Crippen molar-refractivity contribution in [3.05, 3.63) is 58.1 Å². The number of nitrogens with zero attached hydrogens (tertiary/aromatic N) is 1. The van der Waals surface area contributed by atoms with E-state index in [1.54, 1.807) is 24.3 Å². The molecule has 0 aromatic heterocycles. The van der Waals surface area contributed by atoms with Gasteiger partial charge in [0.1, 0.15) is 5.75 Å². The van der Waals surface area contributed by atoms with E-state index in [1.807, 2.05) is 0 Å². The van der Waals surface area contributed by atoms with Gasteiger partial charge in [-0.25, -0.2) is 0 Å². The Bertz CT molecular complexity index is 940. The smallest absolute Gasteiger partial charge is 0.314 e. The SMILES string of the molecule is COc1ccc(OCC(=O)Nc2ccccc2C(=O)NC2CCCC2)c([N+](=O)[O-])c1. The van der Waals surface area contributed by atoms with E-state index in [1.165, 1.54) is 25.3 Å². The summed E-state index contributed by atoms with van der Waals surface area (Å²) in [5, 5.41) is 16.8. The van der Waals surface area contributed by atoms with Gasteiger partial charge in [0.05, 0.1) is 29.4 Å². The van der Waals surface area contributed by atoms with E-state index in [-0.39, 0.29) is 23.4 Å². The lowest BCUT2D eigenvalue weighted by Crippen LogP contribution is -2.33. The summed E-state index contributed by atoms with van der Waals surface area (Å²) in [5.41, 5.74) is 0.400. The molecule has 2 N–H and O–H groups in total. The average Bonchev–Trinajstić information content (AvgIpc) is 3.25. The quantitative estimate of drug-likeness (QED) is 0.506. The van der Waals surface area contributed by atoms with Crippen molar-refractivity contribution in [2.45, 2.75) is 31.7 Å². The zero-order chi connectivity index (χ0) is 21.5. The van der Waals surface area contributed by atoms with E-state index in [0.717, 1.165) is 25.7 Å². The molecule has 0 saturated heterocycles. The fraction of sp³-hybridized carbons (Fsp3) is 0.333. The summed E-state index contributed by atoms with van der Waals surface area (Å²) in [6.07, 6.45) is 4.10. The third kappa shape index (κ3) is 5.25. The number of hydrogen-bond donors (Lipinski definition) is 2. The van der Waals surface area contributed by atoms with Crippen LogP contribution < -0.4 is 20.1 Å². The number of methoxy groups -OCH3 is 1. The van der Waals surface area contributed by atoms with Crippen LogP contribution >= 0.6 is 0 Å². The predicted molar refractivity (Wildman–Crippen MR) is 110 cm³/mol. The normalized spacial score (nSPS) is 13.5. The number of para-hydroxylation sites is 1. The molecule has 0 bridgehead atoms. The number of benzene rings is 2. The van der Waals surface area contributed by atoms with E-state index in [9.17, 15) is 19.7 Å². The Balaban J connectivity index is 1.64. The van der Waals surface area contributed by atoms with Crippen LogP contribution in [0.1, 0.15) is 36.0 Å². The first-order valence-electron chi connectivity index (χ1n) is 9.63. The number of ether oxygens (including phenoxy) is 2. The minimum Gasteiger partial charge on any atom is -0.496 e. The number of nitro benzene ring substituents is 1. The van der Waals surface area contributed by atoms with Crippen LogP contribution in [-0.4, -0.2) is 36.5 Å². The van der Waals surface area contributed by atoms with Gasteiger partial charge in [-0.3, -0.25) is 19.7 Å². The molecule has 0 unspecified atom stereocenters. The van der Waals surface area contributed by atoms with Gasteiger partial charge in [-0.05, 0) is 37.1 Å². The Morgan fingerprint density at radius 1 is 1.17 bits per heavy atom. The molecular weight excluding hydrogens is 390 g/mol. The molecule has 30 heavy (non-hydrogen) atoms. The van der Waals surface area contributed by atoms with Crippen molar-refractivity contribution in [3.8, 4) is 11.5 Å². The topological polar surface area (TPSA) is 120 Å². The fourth-order valence-corrected chi connectivity index (χ4v) is 3.34. The third-order valence-corrected chi connectivity index (χ3v) is 4.86. The number of nitro groups is 1. The maximum absolute atomic E-state index is 12.6. The van der Waals surface area contributed by atoms with Crippen LogP contribution in [0.2, 0.25) is 0 Å². The first-order valence-corrected chi connectivity index (χ1v) is 9.63. The minimum atomic E-state index is -0.613. The first-order chi connectivity index (χ1) is 14.5. The Hall–Kier alpha value is -3.62. The van der Waals surface area contributed by atoms with Crippen LogP contribution in [0.3, 0.4) is 0 Å². The number of hydrogen-bond acceptors (Lipinski definition) is 6. The molecule has 9 nitrogen and oxygen atoms in total. The van der Waals surface area contributed by atoms with Crippen molar-refractivity contribution in [2.24, 2.45) is 0 Å². The van der Waals surface area contributed by atoms with E-state index < -0.39 is 17.4 Å². The summed E-state index contributed by atoms with van der Waals surface area (Å²) in [7, 11) is 1.40. The molecule has 0 heterocycles. The summed E-state index contributed by atoms with van der Waals surface area (Å²) in [4.78, 5) is 35.5. The Kier molecular flexibility index (Phi) is 6.84. The second-order valence-corrected chi connectivity index (χ2v) is 6.93. The van der Waals surface area contributed by atoms with Crippen molar-refractivity contribution in [3.63, 3.8) is 0 Å². The molecule has 2 aromatic rings. The third-order valence-electron chi connectivity index (χ3n) is 4.86. The average molecular weight is 413 g/mol. The lowest BCUT2D eigenvalue weighted by molar-refractivity contribution is -0.385. The molecule has 3 rings (SSSR count). The molecule has 2 aromatic carbocycles. The van der Waals surface area contributed by atoms with Crippen LogP contribution in [0, 0.1) is 10.1 Å². The Morgan fingerprint density at radius 2 is 1.90 bits per heavy atom. The van der Waals surface area contributed by atoms with Gasteiger partial charge < -0.3 is 20.1 Å². The lowest BCUT2D eigenvalue weighted by atomic mass is 10.1. The maximum Gasteiger partial charge on any atom is 0.314 e. The fourth-order valence-electron chi connectivity index (χ4n) is 3.34. The van der Waals surface area contributed by atoms with Gasteiger partial charge in [0.2, 0.25) is 0 Å². The van der Waals surface area contributed by atoms with E-state index >= 15 is 0 Å².